The monoisotopic (exact) mass is 285 g/mol. The van der Waals surface area contributed by atoms with Crippen molar-refractivity contribution in [2.24, 2.45) is 0 Å². The van der Waals surface area contributed by atoms with E-state index < -0.39 is 29.5 Å². The first kappa shape index (κ1) is 14.5. The molecule has 5 nitrogen and oxygen atoms in total. The fourth-order valence-electron chi connectivity index (χ4n) is 1.76. The van der Waals surface area contributed by atoms with Gasteiger partial charge in [0.15, 0.2) is 11.6 Å². The first-order valence-corrected chi connectivity index (χ1v) is 6.33. The molecule has 1 aliphatic rings. The van der Waals surface area contributed by atoms with Gasteiger partial charge in [0.2, 0.25) is 0 Å². The maximum Gasteiger partial charge on any atom is 0.411 e. The van der Waals surface area contributed by atoms with E-state index in [-0.39, 0.29) is 5.82 Å². The molecule has 1 unspecified atom stereocenters. The molecule has 0 aromatic carbocycles. The minimum atomic E-state index is -0.791. The second-order valence-corrected chi connectivity index (χ2v) is 5.61. The van der Waals surface area contributed by atoms with Crippen LogP contribution in [0, 0.1) is 11.6 Å². The van der Waals surface area contributed by atoms with Crippen molar-refractivity contribution in [2.45, 2.75) is 39.0 Å². The van der Waals surface area contributed by atoms with Gasteiger partial charge >= 0.3 is 6.09 Å². The van der Waals surface area contributed by atoms with Crippen molar-refractivity contribution >= 4 is 11.9 Å². The summed E-state index contributed by atoms with van der Waals surface area (Å²) in [7, 11) is 0. The fraction of sp³-hybridized carbons (Fsp3) is 0.538. The largest absolute Gasteiger partial charge is 0.444 e. The van der Waals surface area contributed by atoms with E-state index >= 15 is 0 Å². The number of anilines is 1. The number of aromatic nitrogens is 1. The quantitative estimate of drug-likeness (QED) is 0.907. The third kappa shape index (κ3) is 3.34. The molecule has 1 atom stereocenters. The lowest BCUT2D eigenvalue weighted by atomic mass is 10.1. The standard InChI is InChI=1S/C13H17F2N3O2/c1-13(2,3)20-12(19)18-5-4-10(18)17-11-9(15)6-8(14)7-16-11/h6-7,10H,4-5H2,1-3H3,(H,16,17). The van der Waals surface area contributed by atoms with Gasteiger partial charge < -0.3 is 10.1 Å². The highest BCUT2D eigenvalue weighted by Crippen LogP contribution is 2.23. The van der Waals surface area contributed by atoms with E-state index in [9.17, 15) is 13.6 Å². The molecule has 0 bridgehead atoms. The van der Waals surface area contributed by atoms with E-state index in [0.717, 1.165) is 12.3 Å². The maximum absolute atomic E-state index is 13.5. The molecule has 0 saturated carbocycles. The van der Waals surface area contributed by atoms with Gasteiger partial charge in [0.1, 0.15) is 17.6 Å². The van der Waals surface area contributed by atoms with Crippen LogP contribution in [0.2, 0.25) is 0 Å². The highest BCUT2D eigenvalue weighted by Gasteiger charge is 2.35. The predicted molar refractivity (Wildman–Crippen MR) is 69.1 cm³/mol. The number of nitrogens with one attached hydrogen (secondary N) is 1. The number of rotatable bonds is 2. The average Bonchev–Trinajstić information content (AvgIpc) is 2.23. The van der Waals surface area contributed by atoms with Crippen molar-refractivity contribution in [3.05, 3.63) is 23.9 Å². The summed E-state index contributed by atoms with van der Waals surface area (Å²) < 4.78 is 31.5. The molecule has 1 N–H and O–H groups in total. The Morgan fingerprint density at radius 3 is 2.70 bits per heavy atom. The van der Waals surface area contributed by atoms with E-state index in [1.54, 1.807) is 20.8 Å². The van der Waals surface area contributed by atoms with Crippen LogP contribution in [0.3, 0.4) is 0 Å². The first-order valence-electron chi connectivity index (χ1n) is 6.33. The molecule has 2 heterocycles. The number of hydrogen-bond acceptors (Lipinski definition) is 4. The molecule has 1 saturated heterocycles. The van der Waals surface area contributed by atoms with Crippen molar-refractivity contribution < 1.29 is 18.3 Å². The van der Waals surface area contributed by atoms with Gasteiger partial charge in [-0.2, -0.15) is 0 Å². The summed E-state index contributed by atoms with van der Waals surface area (Å²) in [4.78, 5) is 16.9. The molecule has 1 aromatic rings. The molecule has 2 rings (SSSR count). The summed E-state index contributed by atoms with van der Waals surface area (Å²) >= 11 is 0. The summed E-state index contributed by atoms with van der Waals surface area (Å²) in [5.41, 5.74) is -0.587. The van der Waals surface area contributed by atoms with Crippen molar-refractivity contribution in [1.82, 2.24) is 9.88 Å². The van der Waals surface area contributed by atoms with Crippen LogP contribution in [-0.2, 0) is 4.74 Å². The van der Waals surface area contributed by atoms with Crippen molar-refractivity contribution in [3.8, 4) is 0 Å². The number of hydrogen-bond donors (Lipinski definition) is 1. The lowest BCUT2D eigenvalue weighted by molar-refractivity contribution is -0.000323. The number of likely N-dealkylation sites (tertiary alicyclic amines) is 1. The van der Waals surface area contributed by atoms with Gasteiger partial charge in [-0.05, 0) is 20.8 Å². The van der Waals surface area contributed by atoms with E-state index in [4.69, 9.17) is 4.74 Å². The third-order valence-corrected chi connectivity index (χ3v) is 2.76. The van der Waals surface area contributed by atoms with E-state index in [1.807, 2.05) is 0 Å². The highest BCUT2D eigenvalue weighted by atomic mass is 19.1. The number of amides is 1. The number of carbonyl (C=O) groups is 1. The second-order valence-electron chi connectivity index (χ2n) is 5.61. The zero-order chi connectivity index (χ0) is 14.9. The van der Waals surface area contributed by atoms with Gasteiger partial charge in [-0.1, -0.05) is 0 Å². The van der Waals surface area contributed by atoms with Crippen LogP contribution >= 0.6 is 0 Å². The van der Waals surface area contributed by atoms with Gasteiger partial charge in [-0.3, -0.25) is 4.90 Å². The topological polar surface area (TPSA) is 54.5 Å². The van der Waals surface area contributed by atoms with Crippen LogP contribution in [0.5, 0.6) is 0 Å². The molecule has 110 valence electrons. The Kier molecular flexibility index (Phi) is 3.78. The summed E-state index contributed by atoms with van der Waals surface area (Å²) in [6.45, 7) is 5.84. The zero-order valence-electron chi connectivity index (χ0n) is 11.6. The molecule has 1 aliphatic heterocycles. The average molecular weight is 285 g/mol. The Labute approximate surface area is 115 Å². The number of pyridine rings is 1. The van der Waals surface area contributed by atoms with E-state index in [0.29, 0.717) is 13.0 Å². The lowest BCUT2D eigenvalue weighted by Crippen LogP contribution is -2.56. The number of ether oxygens (including phenoxy) is 1. The molecule has 1 aromatic heterocycles. The SMILES string of the molecule is CC(C)(C)OC(=O)N1CCC1Nc1ncc(F)cc1F. The van der Waals surface area contributed by atoms with Gasteiger partial charge in [-0.25, -0.2) is 18.6 Å². The maximum atomic E-state index is 13.5. The minimum Gasteiger partial charge on any atom is -0.444 e. The molecule has 0 aliphatic carbocycles. The lowest BCUT2D eigenvalue weighted by Gasteiger charge is -2.41. The van der Waals surface area contributed by atoms with Crippen molar-refractivity contribution in [2.75, 3.05) is 11.9 Å². The second kappa shape index (κ2) is 5.22. The fourth-order valence-corrected chi connectivity index (χ4v) is 1.76. The number of carbonyl (C=O) groups excluding carboxylic acids is 1. The van der Waals surface area contributed by atoms with Gasteiger partial charge in [0, 0.05) is 19.0 Å². The molecule has 0 radical (unpaired) electrons. The molecule has 0 spiro atoms. The molecule has 7 heteroatoms. The van der Waals surface area contributed by atoms with Gasteiger partial charge in [-0.15, -0.1) is 0 Å². The Morgan fingerprint density at radius 2 is 2.20 bits per heavy atom. The van der Waals surface area contributed by atoms with Gasteiger partial charge in [0.25, 0.3) is 0 Å². The molecule has 1 amide bonds. The molecule has 20 heavy (non-hydrogen) atoms. The molecular formula is C13H17F2N3O2. The van der Waals surface area contributed by atoms with Crippen LogP contribution in [0.25, 0.3) is 0 Å². The van der Waals surface area contributed by atoms with E-state index in [2.05, 4.69) is 10.3 Å². The van der Waals surface area contributed by atoms with Crippen LogP contribution in [-0.4, -0.2) is 34.3 Å². The third-order valence-electron chi connectivity index (χ3n) is 2.76. The van der Waals surface area contributed by atoms with Crippen LogP contribution in [0.1, 0.15) is 27.2 Å². The van der Waals surface area contributed by atoms with Crippen LogP contribution in [0.15, 0.2) is 12.3 Å². The predicted octanol–water partition coefficient (Wildman–Crippen LogP) is 2.74. The summed E-state index contributed by atoms with van der Waals surface area (Å²) in [6.07, 6.45) is 0.709. The number of nitrogens with zero attached hydrogens (tertiary/aromatic N) is 2. The highest BCUT2D eigenvalue weighted by molar-refractivity contribution is 5.70. The Balaban J connectivity index is 1.99. The summed E-state index contributed by atoms with van der Waals surface area (Å²) in [5.74, 6) is -1.61. The van der Waals surface area contributed by atoms with E-state index in [1.165, 1.54) is 4.90 Å². The molecule has 1 fully saturated rings. The van der Waals surface area contributed by atoms with Crippen molar-refractivity contribution in [3.63, 3.8) is 0 Å². The smallest absolute Gasteiger partial charge is 0.411 e. The summed E-state index contributed by atoms with van der Waals surface area (Å²) in [6, 6.07) is 0.742. The van der Waals surface area contributed by atoms with Crippen molar-refractivity contribution in [1.29, 1.82) is 0 Å². The van der Waals surface area contributed by atoms with Gasteiger partial charge in [0.05, 0.1) is 6.20 Å². The van der Waals surface area contributed by atoms with Crippen LogP contribution < -0.4 is 5.32 Å². The Morgan fingerprint density at radius 1 is 1.50 bits per heavy atom. The number of halogens is 2. The first-order chi connectivity index (χ1) is 9.26. The Bertz CT molecular complexity index is 517. The van der Waals surface area contributed by atoms with Crippen LogP contribution in [0.4, 0.5) is 19.4 Å². The Hall–Kier alpha value is -1.92. The summed E-state index contributed by atoms with van der Waals surface area (Å²) in [5, 5.41) is 2.76. The molecular weight excluding hydrogens is 268 g/mol. The minimum absolute atomic E-state index is 0.0790. The normalized spacial score (nSPS) is 18.4. The zero-order valence-corrected chi connectivity index (χ0v) is 11.6.